The third kappa shape index (κ3) is 3.79. The molecule has 0 N–H and O–H groups in total. The maximum absolute atomic E-state index is 8.62. The van der Waals surface area contributed by atoms with Crippen LogP contribution >= 0.6 is 0 Å². The van der Waals surface area contributed by atoms with E-state index in [1.165, 1.54) is 51.5 Å². The van der Waals surface area contributed by atoms with Crippen LogP contribution in [0, 0.1) is 17.2 Å². The highest BCUT2D eigenvalue weighted by atomic mass is 15.2. The van der Waals surface area contributed by atoms with E-state index < -0.39 is 0 Å². The van der Waals surface area contributed by atoms with Gasteiger partial charge in [0.15, 0.2) is 0 Å². The summed E-state index contributed by atoms with van der Waals surface area (Å²) >= 11 is 0. The van der Waals surface area contributed by atoms with Crippen LogP contribution in [-0.4, -0.2) is 24.0 Å². The Morgan fingerprint density at radius 1 is 1.06 bits per heavy atom. The number of nitriles is 1. The van der Waals surface area contributed by atoms with E-state index in [0.717, 1.165) is 31.3 Å². The van der Waals surface area contributed by atoms with Crippen molar-refractivity contribution >= 4 is 0 Å². The Kier molecular flexibility index (Phi) is 4.66. The number of hydrogen-bond donors (Lipinski definition) is 0. The van der Waals surface area contributed by atoms with Gasteiger partial charge in [-0.15, -0.1) is 0 Å². The zero-order chi connectivity index (χ0) is 11.2. The van der Waals surface area contributed by atoms with Crippen LogP contribution in [0.3, 0.4) is 0 Å². The second kappa shape index (κ2) is 6.25. The molecule has 0 heterocycles. The normalized spacial score (nSPS) is 22.2. The molecule has 2 saturated carbocycles. The molecule has 2 fully saturated rings. The van der Waals surface area contributed by atoms with Gasteiger partial charge < -0.3 is 4.90 Å². The van der Waals surface area contributed by atoms with E-state index in [1.54, 1.807) is 0 Å². The van der Waals surface area contributed by atoms with Crippen LogP contribution in [-0.2, 0) is 0 Å². The molecule has 0 aromatic carbocycles. The molecular formula is C14H24N2. The SMILES string of the molecule is N#CCCCN(CC1CC1)C1CCCCC1. The lowest BCUT2D eigenvalue weighted by Crippen LogP contribution is -2.38. The minimum Gasteiger partial charge on any atom is -0.300 e. The van der Waals surface area contributed by atoms with Gasteiger partial charge in [-0.1, -0.05) is 19.3 Å². The largest absolute Gasteiger partial charge is 0.300 e. The zero-order valence-corrected chi connectivity index (χ0v) is 10.3. The molecule has 2 aliphatic carbocycles. The monoisotopic (exact) mass is 220 g/mol. The lowest BCUT2D eigenvalue weighted by atomic mass is 9.94. The number of nitrogens with zero attached hydrogens (tertiary/aromatic N) is 2. The number of hydrogen-bond acceptors (Lipinski definition) is 2. The van der Waals surface area contributed by atoms with Gasteiger partial charge in [-0.3, -0.25) is 0 Å². The summed E-state index contributed by atoms with van der Waals surface area (Å²) in [7, 11) is 0. The molecule has 0 aromatic rings. The predicted octanol–water partition coefficient (Wildman–Crippen LogP) is 3.33. The molecule has 0 unspecified atom stereocenters. The Labute approximate surface area is 99.6 Å². The van der Waals surface area contributed by atoms with Crippen LogP contribution in [0.15, 0.2) is 0 Å². The minimum atomic E-state index is 0.730. The molecule has 90 valence electrons. The van der Waals surface area contributed by atoms with Gasteiger partial charge in [0.1, 0.15) is 0 Å². The summed E-state index contributed by atoms with van der Waals surface area (Å²) in [5, 5.41) is 8.62. The Morgan fingerprint density at radius 2 is 1.81 bits per heavy atom. The van der Waals surface area contributed by atoms with Gasteiger partial charge in [0, 0.05) is 19.0 Å². The third-order valence-corrected chi connectivity index (χ3v) is 4.01. The maximum Gasteiger partial charge on any atom is 0.0622 e. The summed E-state index contributed by atoms with van der Waals surface area (Å²) in [6.07, 6.45) is 11.8. The summed E-state index contributed by atoms with van der Waals surface area (Å²) in [5.74, 6) is 0.990. The van der Waals surface area contributed by atoms with Gasteiger partial charge in [-0.05, 0) is 44.6 Å². The van der Waals surface area contributed by atoms with Crippen LogP contribution in [0.5, 0.6) is 0 Å². The van der Waals surface area contributed by atoms with Gasteiger partial charge in [-0.25, -0.2) is 0 Å². The van der Waals surface area contributed by atoms with Crippen molar-refractivity contribution in [2.24, 2.45) is 5.92 Å². The van der Waals surface area contributed by atoms with Crippen molar-refractivity contribution in [3.63, 3.8) is 0 Å². The second-order valence-corrected chi connectivity index (χ2v) is 5.49. The molecule has 0 aromatic heterocycles. The quantitative estimate of drug-likeness (QED) is 0.642. The fourth-order valence-corrected chi connectivity index (χ4v) is 2.86. The molecule has 0 spiro atoms. The average Bonchev–Trinajstić information content (AvgIpc) is 3.13. The van der Waals surface area contributed by atoms with E-state index in [9.17, 15) is 0 Å². The van der Waals surface area contributed by atoms with Crippen molar-refractivity contribution in [2.45, 2.75) is 63.8 Å². The molecular weight excluding hydrogens is 196 g/mol. The Hall–Kier alpha value is -0.550. The van der Waals surface area contributed by atoms with E-state index in [2.05, 4.69) is 11.0 Å². The topological polar surface area (TPSA) is 27.0 Å². The van der Waals surface area contributed by atoms with Gasteiger partial charge in [0.2, 0.25) is 0 Å². The Morgan fingerprint density at radius 3 is 2.44 bits per heavy atom. The van der Waals surface area contributed by atoms with Gasteiger partial charge >= 0.3 is 0 Å². The van der Waals surface area contributed by atoms with Crippen molar-refractivity contribution < 1.29 is 0 Å². The van der Waals surface area contributed by atoms with Crippen molar-refractivity contribution in [1.29, 1.82) is 5.26 Å². The highest BCUT2D eigenvalue weighted by Crippen LogP contribution is 2.32. The van der Waals surface area contributed by atoms with Crippen LogP contribution in [0.2, 0.25) is 0 Å². The van der Waals surface area contributed by atoms with Crippen molar-refractivity contribution in [3.05, 3.63) is 0 Å². The average molecular weight is 220 g/mol. The molecule has 0 aliphatic heterocycles. The van der Waals surface area contributed by atoms with E-state index in [-0.39, 0.29) is 0 Å². The molecule has 0 radical (unpaired) electrons. The highest BCUT2D eigenvalue weighted by Gasteiger charge is 2.28. The molecule has 0 bridgehead atoms. The Balaban J connectivity index is 1.77. The molecule has 2 aliphatic rings. The standard InChI is InChI=1S/C14H24N2/c15-10-4-5-11-16(12-13-8-9-13)14-6-2-1-3-7-14/h13-14H,1-9,11-12H2. The lowest BCUT2D eigenvalue weighted by Gasteiger charge is -2.34. The molecule has 2 rings (SSSR count). The summed E-state index contributed by atoms with van der Waals surface area (Å²) in [4.78, 5) is 2.70. The number of unbranched alkanes of at least 4 members (excludes halogenated alkanes) is 1. The number of rotatable bonds is 6. The second-order valence-electron chi connectivity index (χ2n) is 5.49. The first-order chi connectivity index (χ1) is 7.90. The molecule has 0 atom stereocenters. The first kappa shape index (κ1) is 11.9. The lowest BCUT2D eigenvalue weighted by molar-refractivity contribution is 0.148. The smallest absolute Gasteiger partial charge is 0.0622 e. The maximum atomic E-state index is 8.62. The minimum absolute atomic E-state index is 0.730. The Bertz CT molecular complexity index is 234. The van der Waals surface area contributed by atoms with Crippen LogP contribution in [0.4, 0.5) is 0 Å². The van der Waals surface area contributed by atoms with E-state index in [4.69, 9.17) is 5.26 Å². The van der Waals surface area contributed by atoms with Crippen molar-refractivity contribution in [3.8, 4) is 6.07 Å². The van der Waals surface area contributed by atoms with Crippen LogP contribution in [0.1, 0.15) is 57.8 Å². The van der Waals surface area contributed by atoms with Crippen molar-refractivity contribution in [2.75, 3.05) is 13.1 Å². The first-order valence-corrected chi connectivity index (χ1v) is 7.01. The molecule has 2 heteroatoms. The molecule has 0 saturated heterocycles. The summed E-state index contributed by atoms with van der Waals surface area (Å²) in [6.45, 7) is 2.48. The van der Waals surface area contributed by atoms with E-state index >= 15 is 0 Å². The predicted molar refractivity (Wildman–Crippen MR) is 66.0 cm³/mol. The molecule has 2 nitrogen and oxygen atoms in total. The van der Waals surface area contributed by atoms with Gasteiger partial charge in [0.05, 0.1) is 6.07 Å². The van der Waals surface area contributed by atoms with Crippen molar-refractivity contribution in [1.82, 2.24) is 4.90 Å². The third-order valence-electron chi connectivity index (χ3n) is 4.01. The fourth-order valence-electron chi connectivity index (χ4n) is 2.86. The first-order valence-electron chi connectivity index (χ1n) is 7.01. The van der Waals surface area contributed by atoms with Crippen LogP contribution < -0.4 is 0 Å². The van der Waals surface area contributed by atoms with Gasteiger partial charge in [0.25, 0.3) is 0 Å². The summed E-state index contributed by atoms with van der Waals surface area (Å²) < 4.78 is 0. The highest BCUT2D eigenvalue weighted by molar-refractivity contribution is 4.83. The zero-order valence-electron chi connectivity index (χ0n) is 10.3. The van der Waals surface area contributed by atoms with E-state index in [1.807, 2.05) is 0 Å². The fraction of sp³-hybridized carbons (Fsp3) is 0.929. The molecule has 0 amide bonds. The summed E-state index contributed by atoms with van der Waals surface area (Å²) in [6, 6.07) is 3.11. The summed E-state index contributed by atoms with van der Waals surface area (Å²) in [5.41, 5.74) is 0. The van der Waals surface area contributed by atoms with Crippen LogP contribution in [0.25, 0.3) is 0 Å². The van der Waals surface area contributed by atoms with Gasteiger partial charge in [-0.2, -0.15) is 5.26 Å². The molecule has 16 heavy (non-hydrogen) atoms. The van der Waals surface area contributed by atoms with E-state index in [0.29, 0.717) is 0 Å².